The molecule has 0 N–H and O–H groups in total. The van der Waals surface area contributed by atoms with Gasteiger partial charge in [-0.15, -0.1) is 0 Å². The Morgan fingerprint density at radius 2 is 0.971 bits per heavy atom. The third-order valence-electron chi connectivity index (χ3n) is 4.24. The van der Waals surface area contributed by atoms with E-state index >= 15 is 0 Å². The second kappa shape index (κ2) is 11.1. The summed E-state index contributed by atoms with van der Waals surface area (Å²) in [6.45, 7) is 6.62. The number of carbonyl (C=O) groups excluding carboxylic acids is 2. The molecule has 0 atom stereocenters. The Hall–Kier alpha value is -4.94. The molecule has 0 aliphatic rings. The van der Waals surface area contributed by atoms with Gasteiger partial charge in [-0.25, -0.2) is 18.4 Å². The molecule has 0 saturated heterocycles. The molecule has 6 heteroatoms. The molecule has 0 aromatic heterocycles. The maximum atomic E-state index is 14.5. The number of esters is 2. The number of hydrogen-bond donors (Lipinski definition) is 0. The summed E-state index contributed by atoms with van der Waals surface area (Å²) in [5.74, 6) is 7.84. The van der Waals surface area contributed by atoms with Crippen LogP contribution in [0.25, 0.3) is 0 Å². The largest absolute Gasteiger partial charge is 0.423 e. The zero-order chi connectivity index (χ0) is 24.5. The van der Waals surface area contributed by atoms with Crippen molar-refractivity contribution in [2.45, 2.75) is 0 Å². The summed E-state index contributed by atoms with van der Waals surface area (Å²) in [5, 5.41) is 0. The van der Waals surface area contributed by atoms with Crippen LogP contribution < -0.4 is 9.47 Å². The van der Waals surface area contributed by atoms with E-state index in [1.807, 2.05) is 0 Å². The average Bonchev–Trinajstić information content (AvgIpc) is 2.86. The maximum Gasteiger partial charge on any atom is 0.335 e. The fourth-order valence-corrected chi connectivity index (χ4v) is 2.55. The summed E-state index contributed by atoms with van der Waals surface area (Å²) in [5.41, 5.74) is 0.783. The standard InChI is InChI=1S/C28H16F2O4/c1-3-25(31)33-23-15-7-19(8-16-23)5-11-21-13-14-22(28(30)27(21)29)12-6-20-9-17-24(18-10-20)34-26(32)4-2/h3-4,7-10,13-18H,1-2H2. The lowest BCUT2D eigenvalue weighted by Crippen LogP contribution is -2.02. The van der Waals surface area contributed by atoms with Gasteiger partial charge in [-0.05, 0) is 60.7 Å². The molecular formula is C28H16F2O4. The van der Waals surface area contributed by atoms with Crippen LogP contribution in [0.1, 0.15) is 22.3 Å². The van der Waals surface area contributed by atoms with E-state index in [1.54, 1.807) is 24.3 Å². The van der Waals surface area contributed by atoms with E-state index in [9.17, 15) is 18.4 Å². The average molecular weight is 454 g/mol. The first-order valence-corrected chi connectivity index (χ1v) is 9.80. The highest BCUT2D eigenvalue weighted by Gasteiger charge is 2.11. The van der Waals surface area contributed by atoms with E-state index < -0.39 is 23.6 Å². The highest BCUT2D eigenvalue weighted by molar-refractivity contribution is 5.83. The quantitative estimate of drug-likeness (QED) is 0.242. The van der Waals surface area contributed by atoms with Crippen molar-refractivity contribution in [3.8, 4) is 35.2 Å². The van der Waals surface area contributed by atoms with Crippen molar-refractivity contribution in [3.05, 3.63) is 120 Å². The van der Waals surface area contributed by atoms with E-state index in [2.05, 4.69) is 36.8 Å². The number of carbonyl (C=O) groups is 2. The van der Waals surface area contributed by atoms with Gasteiger partial charge in [0.2, 0.25) is 0 Å². The summed E-state index contributed by atoms with van der Waals surface area (Å²) in [6.07, 6.45) is 2.08. The number of rotatable bonds is 4. The Kier molecular flexibility index (Phi) is 7.73. The van der Waals surface area contributed by atoms with Crippen molar-refractivity contribution in [3.63, 3.8) is 0 Å². The van der Waals surface area contributed by atoms with Crippen LogP contribution in [-0.2, 0) is 9.59 Å². The molecule has 34 heavy (non-hydrogen) atoms. The number of hydrogen-bond acceptors (Lipinski definition) is 4. The number of benzene rings is 3. The van der Waals surface area contributed by atoms with Crippen molar-refractivity contribution in [2.75, 3.05) is 0 Å². The minimum absolute atomic E-state index is 0.126. The second-order valence-electron chi connectivity index (χ2n) is 6.59. The van der Waals surface area contributed by atoms with Gasteiger partial charge in [-0.3, -0.25) is 0 Å². The molecule has 0 aliphatic heterocycles. The van der Waals surface area contributed by atoms with Gasteiger partial charge >= 0.3 is 11.9 Å². The van der Waals surface area contributed by atoms with Crippen molar-refractivity contribution < 1.29 is 27.8 Å². The predicted octanol–water partition coefficient (Wildman–Crippen LogP) is 4.95. The van der Waals surface area contributed by atoms with Crippen molar-refractivity contribution in [1.29, 1.82) is 0 Å². The highest BCUT2D eigenvalue weighted by Crippen LogP contribution is 2.17. The molecule has 0 fully saturated rings. The fourth-order valence-electron chi connectivity index (χ4n) is 2.55. The summed E-state index contributed by atoms with van der Waals surface area (Å²) in [7, 11) is 0. The predicted molar refractivity (Wildman–Crippen MR) is 123 cm³/mol. The minimum Gasteiger partial charge on any atom is -0.423 e. The Bertz CT molecular complexity index is 1270. The third-order valence-corrected chi connectivity index (χ3v) is 4.24. The van der Waals surface area contributed by atoms with Crippen LogP contribution in [0.3, 0.4) is 0 Å². The van der Waals surface area contributed by atoms with E-state index in [0.717, 1.165) is 12.2 Å². The Morgan fingerprint density at radius 1 is 0.618 bits per heavy atom. The smallest absolute Gasteiger partial charge is 0.335 e. The van der Waals surface area contributed by atoms with E-state index in [-0.39, 0.29) is 11.1 Å². The molecule has 0 spiro atoms. The van der Waals surface area contributed by atoms with Gasteiger partial charge in [0.25, 0.3) is 0 Å². The van der Waals surface area contributed by atoms with Gasteiger partial charge in [0.1, 0.15) is 11.5 Å². The Morgan fingerprint density at radius 3 is 1.29 bits per heavy atom. The van der Waals surface area contributed by atoms with E-state index in [1.165, 1.54) is 36.4 Å². The normalized spacial score (nSPS) is 9.47. The van der Waals surface area contributed by atoms with Gasteiger partial charge in [-0.1, -0.05) is 36.8 Å². The third kappa shape index (κ3) is 6.29. The van der Waals surface area contributed by atoms with Crippen molar-refractivity contribution >= 4 is 11.9 Å². The lowest BCUT2D eigenvalue weighted by Gasteiger charge is -2.01. The first kappa shape index (κ1) is 23.7. The van der Waals surface area contributed by atoms with Gasteiger partial charge in [0.05, 0.1) is 11.1 Å². The summed E-state index contributed by atoms with van der Waals surface area (Å²) in [6, 6.07) is 15.1. The second-order valence-corrected chi connectivity index (χ2v) is 6.59. The van der Waals surface area contributed by atoms with E-state index in [0.29, 0.717) is 22.6 Å². The molecule has 0 saturated carbocycles. The van der Waals surface area contributed by atoms with Crippen LogP contribution in [0.15, 0.2) is 86.0 Å². The van der Waals surface area contributed by atoms with Gasteiger partial charge in [0.15, 0.2) is 11.6 Å². The lowest BCUT2D eigenvalue weighted by molar-refractivity contribution is -0.129. The molecule has 0 heterocycles. The molecule has 3 aromatic carbocycles. The van der Waals surface area contributed by atoms with Crippen LogP contribution in [0, 0.1) is 35.3 Å². The molecule has 0 bridgehead atoms. The topological polar surface area (TPSA) is 52.6 Å². The SMILES string of the molecule is C=CC(=O)Oc1ccc(C#Cc2ccc(C#Cc3ccc(OC(=O)C=C)cc3)c(F)c2F)cc1. The van der Waals surface area contributed by atoms with Crippen molar-refractivity contribution in [2.24, 2.45) is 0 Å². The monoisotopic (exact) mass is 454 g/mol. The van der Waals surface area contributed by atoms with Crippen LogP contribution in [0.2, 0.25) is 0 Å². The van der Waals surface area contributed by atoms with E-state index in [4.69, 9.17) is 9.47 Å². The van der Waals surface area contributed by atoms with Gasteiger partial charge in [0, 0.05) is 23.3 Å². The Balaban J connectivity index is 1.74. The van der Waals surface area contributed by atoms with Crippen LogP contribution in [-0.4, -0.2) is 11.9 Å². The van der Waals surface area contributed by atoms with Crippen molar-refractivity contribution in [1.82, 2.24) is 0 Å². The summed E-state index contributed by atoms with van der Waals surface area (Å²) < 4.78 is 38.9. The molecule has 4 nitrogen and oxygen atoms in total. The van der Waals surface area contributed by atoms with Crippen LogP contribution in [0.4, 0.5) is 8.78 Å². The van der Waals surface area contributed by atoms with Gasteiger partial charge < -0.3 is 9.47 Å². The fraction of sp³-hybridized carbons (Fsp3) is 0. The molecule has 3 rings (SSSR count). The first-order valence-electron chi connectivity index (χ1n) is 9.80. The zero-order valence-electron chi connectivity index (χ0n) is 17.7. The summed E-state index contributed by atoms with van der Waals surface area (Å²) >= 11 is 0. The molecule has 3 aromatic rings. The Labute approximate surface area is 195 Å². The first-order chi connectivity index (χ1) is 16.4. The number of ether oxygens (including phenoxy) is 2. The summed E-state index contributed by atoms with van der Waals surface area (Å²) in [4.78, 5) is 22.4. The molecular weight excluding hydrogens is 438 g/mol. The minimum atomic E-state index is -1.11. The van der Waals surface area contributed by atoms with Crippen LogP contribution >= 0.6 is 0 Å². The molecule has 0 aliphatic carbocycles. The molecule has 0 radical (unpaired) electrons. The molecule has 0 amide bonds. The van der Waals surface area contributed by atoms with Crippen LogP contribution in [0.5, 0.6) is 11.5 Å². The number of halogens is 2. The molecule has 0 unspecified atom stereocenters. The lowest BCUT2D eigenvalue weighted by atomic mass is 10.1. The van der Waals surface area contributed by atoms with Gasteiger partial charge in [-0.2, -0.15) is 0 Å². The zero-order valence-corrected chi connectivity index (χ0v) is 17.7. The molecule has 166 valence electrons. The maximum absolute atomic E-state index is 14.5. The highest BCUT2D eigenvalue weighted by atomic mass is 19.2.